The Hall–Kier alpha value is -3.17. The van der Waals surface area contributed by atoms with E-state index in [0.717, 1.165) is 12.2 Å². The van der Waals surface area contributed by atoms with Gasteiger partial charge in [-0.05, 0) is 13.8 Å². The van der Waals surface area contributed by atoms with E-state index in [4.69, 9.17) is 24.4 Å². The van der Waals surface area contributed by atoms with Crippen molar-refractivity contribution in [3.8, 4) is 0 Å². The lowest BCUT2D eigenvalue weighted by atomic mass is 9.93. The third-order valence-corrected chi connectivity index (χ3v) is 3.05. The molecule has 0 unspecified atom stereocenters. The normalized spacial score (nSPS) is 12.0. The largest absolute Gasteiger partial charge is 0.478 e. The lowest BCUT2D eigenvalue weighted by molar-refractivity contribution is -0.164. The van der Waals surface area contributed by atoms with Crippen molar-refractivity contribution in [2.24, 2.45) is 10.8 Å². The molecule has 0 saturated carbocycles. The van der Waals surface area contributed by atoms with Gasteiger partial charge in [-0.25, -0.2) is 19.2 Å². The number of hydrogen-bond acceptors (Lipinski definition) is 8. The van der Waals surface area contributed by atoms with Gasteiger partial charge in [-0.3, -0.25) is 4.79 Å². The van der Waals surface area contributed by atoms with Crippen LogP contribution in [0.5, 0.6) is 0 Å². The SMILES string of the molecule is CC(C)(COC(=O)/C=C\C(=O)O)COC(=O)C(C)(C)COC(=O)/C=C/C(=O)O. The topological polar surface area (TPSA) is 154 Å². The summed E-state index contributed by atoms with van der Waals surface area (Å²) in [6.45, 7) is 5.72. The van der Waals surface area contributed by atoms with Crippen molar-refractivity contribution < 1.29 is 48.4 Å². The van der Waals surface area contributed by atoms with Gasteiger partial charge in [0.25, 0.3) is 0 Å². The molecule has 0 aromatic heterocycles. The number of carboxylic acids is 2. The fourth-order valence-corrected chi connectivity index (χ4v) is 1.45. The van der Waals surface area contributed by atoms with Gasteiger partial charge < -0.3 is 24.4 Å². The Kier molecular flexibility index (Phi) is 9.62. The maximum absolute atomic E-state index is 12.2. The van der Waals surface area contributed by atoms with Crippen LogP contribution in [0.1, 0.15) is 27.7 Å². The van der Waals surface area contributed by atoms with Gasteiger partial charge in [0, 0.05) is 29.7 Å². The van der Waals surface area contributed by atoms with Crippen molar-refractivity contribution >= 4 is 29.8 Å². The minimum absolute atomic E-state index is 0.113. The zero-order valence-corrected chi connectivity index (χ0v) is 16.1. The molecule has 0 aliphatic carbocycles. The summed E-state index contributed by atoms with van der Waals surface area (Å²) in [6.07, 6.45) is 2.74. The molecule has 0 rings (SSSR count). The predicted octanol–water partition coefficient (Wildman–Crippen LogP) is 0.950. The highest BCUT2D eigenvalue weighted by Crippen LogP contribution is 2.22. The van der Waals surface area contributed by atoms with Crippen LogP contribution in [0.4, 0.5) is 0 Å². The molecular weight excluding hydrogens is 376 g/mol. The smallest absolute Gasteiger partial charge is 0.331 e. The van der Waals surface area contributed by atoms with Gasteiger partial charge >= 0.3 is 29.8 Å². The van der Waals surface area contributed by atoms with Crippen LogP contribution in [0.2, 0.25) is 0 Å². The summed E-state index contributed by atoms with van der Waals surface area (Å²) in [4.78, 5) is 55.6. The minimum Gasteiger partial charge on any atom is -0.478 e. The first-order valence-corrected chi connectivity index (χ1v) is 8.08. The molecule has 0 bridgehead atoms. The summed E-state index contributed by atoms with van der Waals surface area (Å²) >= 11 is 0. The van der Waals surface area contributed by atoms with E-state index in [2.05, 4.69) is 0 Å². The van der Waals surface area contributed by atoms with E-state index < -0.39 is 40.7 Å². The highest BCUT2D eigenvalue weighted by molar-refractivity contribution is 5.91. The fraction of sp³-hybridized carbons (Fsp3) is 0.500. The lowest BCUT2D eigenvalue weighted by Crippen LogP contribution is -2.36. The molecule has 0 fully saturated rings. The molecule has 0 atom stereocenters. The second-order valence-electron chi connectivity index (χ2n) is 7.18. The van der Waals surface area contributed by atoms with E-state index >= 15 is 0 Å². The number of rotatable bonds is 11. The zero-order valence-electron chi connectivity index (χ0n) is 16.1. The summed E-state index contributed by atoms with van der Waals surface area (Å²) in [7, 11) is 0. The first-order valence-electron chi connectivity index (χ1n) is 8.08. The number of carbonyl (C=O) groups excluding carboxylic acids is 3. The van der Waals surface area contributed by atoms with Gasteiger partial charge in [0.2, 0.25) is 0 Å². The van der Waals surface area contributed by atoms with Crippen molar-refractivity contribution in [3.05, 3.63) is 24.3 Å². The zero-order chi connectivity index (χ0) is 22.0. The average molecular weight is 400 g/mol. The minimum atomic E-state index is -1.31. The Bertz CT molecular complexity index is 670. The third-order valence-electron chi connectivity index (χ3n) is 3.05. The molecule has 0 saturated heterocycles. The van der Waals surface area contributed by atoms with Crippen LogP contribution < -0.4 is 0 Å². The number of ether oxygens (including phenoxy) is 3. The Labute approximate surface area is 161 Å². The Balaban J connectivity index is 4.50. The highest BCUT2D eigenvalue weighted by Gasteiger charge is 2.33. The van der Waals surface area contributed by atoms with E-state index in [9.17, 15) is 24.0 Å². The van der Waals surface area contributed by atoms with Crippen molar-refractivity contribution in [3.63, 3.8) is 0 Å². The number of carboxylic acid groups (broad SMARTS) is 2. The molecule has 28 heavy (non-hydrogen) atoms. The van der Waals surface area contributed by atoms with E-state index in [0.29, 0.717) is 12.2 Å². The Morgan fingerprint density at radius 1 is 0.679 bits per heavy atom. The first kappa shape index (κ1) is 24.8. The fourth-order valence-electron chi connectivity index (χ4n) is 1.45. The molecule has 0 aromatic carbocycles. The maximum atomic E-state index is 12.2. The highest BCUT2D eigenvalue weighted by atomic mass is 16.6. The lowest BCUT2D eigenvalue weighted by Gasteiger charge is -2.27. The number of esters is 3. The molecule has 0 radical (unpaired) electrons. The summed E-state index contributed by atoms with van der Waals surface area (Å²) in [6, 6.07) is 0. The van der Waals surface area contributed by atoms with Crippen molar-refractivity contribution in [2.75, 3.05) is 19.8 Å². The van der Waals surface area contributed by atoms with Crippen LogP contribution >= 0.6 is 0 Å². The van der Waals surface area contributed by atoms with Crippen molar-refractivity contribution in [2.45, 2.75) is 27.7 Å². The second kappa shape index (κ2) is 10.9. The van der Waals surface area contributed by atoms with Gasteiger partial charge in [0.1, 0.15) is 6.61 Å². The van der Waals surface area contributed by atoms with E-state index in [1.165, 1.54) is 13.8 Å². The van der Waals surface area contributed by atoms with E-state index in [1.807, 2.05) is 0 Å². The number of aliphatic carboxylic acids is 2. The predicted molar refractivity (Wildman–Crippen MR) is 94.0 cm³/mol. The monoisotopic (exact) mass is 400 g/mol. The van der Waals surface area contributed by atoms with Gasteiger partial charge in [-0.1, -0.05) is 13.8 Å². The molecule has 0 spiro atoms. The van der Waals surface area contributed by atoms with Gasteiger partial charge in [-0.2, -0.15) is 0 Å². The summed E-state index contributed by atoms with van der Waals surface area (Å²) in [5, 5.41) is 16.9. The van der Waals surface area contributed by atoms with Crippen LogP contribution in [0.25, 0.3) is 0 Å². The third kappa shape index (κ3) is 11.4. The van der Waals surface area contributed by atoms with E-state index in [1.54, 1.807) is 13.8 Å². The van der Waals surface area contributed by atoms with Crippen LogP contribution in [0, 0.1) is 10.8 Å². The summed E-state index contributed by atoms with van der Waals surface area (Å²) in [5.41, 5.74) is -1.94. The van der Waals surface area contributed by atoms with Crippen LogP contribution in [-0.4, -0.2) is 59.9 Å². The number of carbonyl (C=O) groups is 5. The molecule has 10 nitrogen and oxygen atoms in total. The molecular formula is C18H24O10. The first-order chi connectivity index (χ1) is 12.7. The quantitative estimate of drug-likeness (QED) is 0.291. The van der Waals surface area contributed by atoms with Gasteiger partial charge in [0.05, 0.1) is 18.6 Å². The van der Waals surface area contributed by atoms with Gasteiger partial charge in [-0.15, -0.1) is 0 Å². The molecule has 0 aliphatic rings. The summed E-state index contributed by atoms with van der Waals surface area (Å²) < 4.78 is 14.9. The van der Waals surface area contributed by atoms with Gasteiger partial charge in [0.15, 0.2) is 0 Å². The number of hydrogen-bond donors (Lipinski definition) is 2. The molecule has 0 aromatic rings. The Morgan fingerprint density at radius 3 is 1.50 bits per heavy atom. The van der Waals surface area contributed by atoms with Crippen LogP contribution in [-0.2, 0) is 38.2 Å². The second-order valence-corrected chi connectivity index (χ2v) is 7.18. The van der Waals surface area contributed by atoms with E-state index in [-0.39, 0.29) is 19.8 Å². The Morgan fingerprint density at radius 2 is 1.07 bits per heavy atom. The molecule has 0 amide bonds. The summed E-state index contributed by atoms with van der Waals surface area (Å²) in [5.74, 6) is -5.02. The van der Waals surface area contributed by atoms with Crippen molar-refractivity contribution in [1.82, 2.24) is 0 Å². The van der Waals surface area contributed by atoms with Crippen molar-refractivity contribution in [1.29, 1.82) is 0 Å². The average Bonchev–Trinajstić information content (AvgIpc) is 2.59. The molecule has 10 heteroatoms. The van der Waals surface area contributed by atoms with Crippen LogP contribution in [0.15, 0.2) is 24.3 Å². The molecule has 0 heterocycles. The molecule has 0 aliphatic heterocycles. The molecule has 156 valence electrons. The molecule has 2 N–H and O–H groups in total. The van der Waals surface area contributed by atoms with Crippen LogP contribution in [0.3, 0.4) is 0 Å². The maximum Gasteiger partial charge on any atom is 0.331 e. The standard InChI is InChI=1S/C18H24O10/c1-17(2,9-26-14(23)7-5-12(19)20)10-28-16(25)18(3,4)11-27-15(24)8-6-13(21)22/h5-8H,9-11H2,1-4H3,(H,19,20)(H,21,22)/b7-5-,8-6+.